The Kier molecular flexibility index (Phi) is 6.51. The lowest BCUT2D eigenvalue weighted by atomic mass is 10.2. The Balaban J connectivity index is 2.71. The highest BCUT2D eigenvalue weighted by molar-refractivity contribution is 9.10. The molecule has 1 unspecified atom stereocenters. The van der Waals surface area contributed by atoms with Gasteiger partial charge in [0.1, 0.15) is 0 Å². The maximum Gasteiger partial charge on any atom is 0.305 e. The second-order valence-corrected chi connectivity index (χ2v) is 7.74. The Morgan fingerprint density at radius 1 is 1.32 bits per heavy atom. The van der Waals surface area contributed by atoms with Gasteiger partial charge in [0.2, 0.25) is 15.9 Å². The number of carbonyl (C=O) groups is 2. The first-order valence-electron chi connectivity index (χ1n) is 6.36. The van der Waals surface area contributed by atoms with Crippen molar-refractivity contribution in [3.63, 3.8) is 0 Å². The van der Waals surface area contributed by atoms with Crippen LogP contribution in [0.4, 0.5) is 0 Å². The first kappa shape index (κ1) is 18.6. The zero-order chi connectivity index (χ0) is 16.9. The summed E-state index contributed by atoms with van der Waals surface area (Å²) in [6, 6.07) is 5.47. The molecule has 7 nitrogen and oxygen atoms in total. The summed E-state index contributed by atoms with van der Waals surface area (Å²) in [6.07, 6.45) is -0.227. The van der Waals surface area contributed by atoms with Crippen molar-refractivity contribution in [1.29, 1.82) is 0 Å². The zero-order valence-electron chi connectivity index (χ0n) is 12.1. The molecule has 22 heavy (non-hydrogen) atoms. The van der Waals surface area contributed by atoms with Crippen molar-refractivity contribution < 1.29 is 23.1 Å². The quantitative estimate of drug-likeness (QED) is 0.721. The van der Waals surface area contributed by atoms with Gasteiger partial charge in [-0.25, -0.2) is 8.42 Å². The minimum atomic E-state index is -3.77. The molecule has 0 aliphatic carbocycles. The number of carbonyl (C=O) groups excluding carboxylic acids is 1. The highest BCUT2D eigenvalue weighted by Gasteiger charge is 2.23. The molecule has 0 aliphatic rings. The van der Waals surface area contributed by atoms with E-state index in [0.717, 1.165) is 8.78 Å². The van der Waals surface area contributed by atoms with Gasteiger partial charge >= 0.3 is 5.97 Å². The molecule has 1 rings (SSSR count). The molecule has 2 N–H and O–H groups in total. The van der Waals surface area contributed by atoms with Crippen LogP contribution in [0.25, 0.3) is 0 Å². The van der Waals surface area contributed by atoms with Crippen LogP contribution in [-0.4, -0.2) is 49.3 Å². The molecule has 0 spiro atoms. The average molecular weight is 393 g/mol. The van der Waals surface area contributed by atoms with E-state index in [1.54, 1.807) is 12.1 Å². The second kappa shape index (κ2) is 7.70. The normalized spacial score (nSPS) is 12.9. The molecule has 1 aromatic carbocycles. The number of carboxylic acids is 1. The Morgan fingerprint density at radius 2 is 1.86 bits per heavy atom. The molecule has 0 saturated heterocycles. The van der Waals surface area contributed by atoms with Crippen LogP contribution in [0.2, 0.25) is 0 Å². The first-order valence-corrected chi connectivity index (χ1v) is 8.59. The summed E-state index contributed by atoms with van der Waals surface area (Å²) < 4.78 is 26.2. The predicted molar refractivity (Wildman–Crippen MR) is 83.8 cm³/mol. The summed E-state index contributed by atoms with van der Waals surface area (Å²) in [5.41, 5.74) is 0. The van der Waals surface area contributed by atoms with Crippen molar-refractivity contribution in [3.05, 3.63) is 28.7 Å². The van der Waals surface area contributed by atoms with E-state index in [0.29, 0.717) is 0 Å². The van der Waals surface area contributed by atoms with Gasteiger partial charge in [0.05, 0.1) is 17.9 Å². The van der Waals surface area contributed by atoms with E-state index >= 15 is 0 Å². The molecular formula is C13H17BrN2O5S. The van der Waals surface area contributed by atoms with Gasteiger partial charge < -0.3 is 10.4 Å². The number of aliphatic carboxylic acids is 1. The second-order valence-electron chi connectivity index (χ2n) is 4.78. The van der Waals surface area contributed by atoms with Gasteiger partial charge in [-0.05, 0) is 31.2 Å². The molecule has 0 radical (unpaired) electrons. The summed E-state index contributed by atoms with van der Waals surface area (Å²) in [7, 11) is -2.48. The zero-order valence-corrected chi connectivity index (χ0v) is 14.5. The van der Waals surface area contributed by atoms with E-state index in [2.05, 4.69) is 21.2 Å². The average Bonchev–Trinajstić information content (AvgIpc) is 2.37. The number of amides is 1. The molecule has 0 heterocycles. The number of carboxylic acid groups (broad SMARTS) is 1. The Bertz CT molecular complexity index is 645. The molecule has 1 amide bonds. The van der Waals surface area contributed by atoms with Crippen molar-refractivity contribution in [2.75, 3.05) is 13.6 Å². The summed E-state index contributed by atoms with van der Waals surface area (Å²) in [5.74, 6) is -1.60. The third-order valence-corrected chi connectivity index (χ3v) is 5.12. The fourth-order valence-electron chi connectivity index (χ4n) is 1.71. The Hall–Kier alpha value is -1.45. The summed E-state index contributed by atoms with van der Waals surface area (Å²) in [6.45, 7) is 1.15. The Morgan fingerprint density at radius 3 is 2.36 bits per heavy atom. The highest BCUT2D eigenvalue weighted by atomic mass is 79.9. The van der Waals surface area contributed by atoms with Gasteiger partial charge in [0.15, 0.2) is 0 Å². The molecule has 122 valence electrons. The SMILES string of the molecule is CC(CC(=O)O)NC(=O)CN(C)S(=O)(=O)c1ccc(Br)cc1. The molecule has 0 fully saturated rings. The lowest BCUT2D eigenvalue weighted by Gasteiger charge is -2.18. The smallest absolute Gasteiger partial charge is 0.305 e. The topological polar surface area (TPSA) is 104 Å². The first-order chi connectivity index (χ1) is 10.1. The van der Waals surface area contributed by atoms with Gasteiger partial charge in [0, 0.05) is 17.6 Å². The van der Waals surface area contributed by atoms with Crippen molar-refractivity contribution in [3.8, 4) is 0 Å². The molecule has 0 aliphatic heterocycles. The van der Waals surface area contributed by atoms with Crippen LogP contribution in [0.1, 0.15) is 13.3 Å². The van der Waals surface area contributed by atoms with Crippen LogP contribution >= 0.6 is 15.9 Å². The predicted octanol–water partition coefficient (Wildman–Crippen LogP) is 1.05. The lowest BCUT2D eigenvalue weighted by Crippen LogP contribution is -2.42. The molecule has 0 saturated carbocycles. The number of nitrogens with zero attached hydrogens (tertiary/aromatic N) is 1. The van der Waals surface area contributed by atoms with Crippen molar-refractivity contribution in [2.24, 2.45) is 0 Å². The van der Waals surface area contributed by atoms with Crippen LogP contribution in [0, 0.1) is 0 Å². The number of nitrogens with one attached hydrogen (secondary N) is 1. The van der Waals surface area contributed by atoms with E-state index in [1.807, 2.05) is 0 Å². The maximum absolute atomic E-state index is 12.3. The highest BCUT2D eigenvalue weighted by Crippen LogP contribution is 2.17. The molecule has 0 aromatic heterocycles. The van der Waals surface area contributed by atoms with Gasteiger partial charge in [-0.15, -0.1) is 0 Å². The number of halogens is 1. The molecular weight excluding hydrogens is 376 g/mol. The number of hydrogen-bond acceptors (Lipinski definition) is 4. The van der Waals surface area contributed by atoms with Crippen molar-refractivity contribution in [1.82, 2.24) is 9.62 Å². The number of likely N-dealkylation sites (N-methyl/N-ethyl adjacent to an activating group) is 1. The van der Waals surface area contributed by atoms with Crippen molar-refractivity contribution in [2.45, 2.75) is 24.3 Å². The molecule has 1 aromatic rings. The van der Waals surface area contributed by atoms with Crippen LogP contribution in [-0.2, 0) is 19.6 Å². The van der Waals surface area contributed by atoms with E-state index in [-0.39, 0.29) is 17.9 Å². The fourth-order valence-corrected chi connectivity index (χ4v) is 3.10. The standard InChI is InChI=1S/C13H17BrN2O5S/c1-9(7-13(18)19)15-12(17)8-16(2)22(20,21)11-5-3-10(14)4-6-11/h3-6,9H,7-8H2,1-2H3,(H,15,17)(H,18,19). The Labute approximate surface area is 137 Å². The maximum atomic E-state index is 12.3. The molecule has 9 heteroatoms. The summed E-state index contributed by atoms with van der Waals surface area (Å²) in [5, 5.41) is 11.1. The van der Waals surface area contributed by atoms with E-state index in [9.17, 15) is 18.0 Å². The minimum Gasteiger partial charge on any atom is -0.481 e. The lowest BCUT2D eigenvalue weighted by molar-refractivity contribution is -0.137. The van der Waals surface area contributed by atoms with E-state index in [1.165, 1.54) is 26.1 Å². The number of benzene rings is 1. The number of sulfonamides is 1. The van der Waals surface area contributed by atoms with Crippen LogP contribution in [0.3, 0.4) is 0 Å². The van der Waals surface area contributed by atoms with Crippen LogP contribution in [0.5, 0.6) is 0 Å². The van der Waals surface area contributed by atoms with Crippen LogP contribution in [0.15, 0.2) is 33.6 Å². The van der Waals surface area contributed by atoms with E-state index < -0.39 is 27.9 Å². The number of rotatable bonds is 7. The summed E-state index contributed by atoms with van der Waals surface area (Å²) >= 11 is 3.22. The van der Waals surface area contributed by atoms with E-state index in [4.69, 9.17) is 5.11 Å². The third kappa shape index (κ3) is 5.39. The van der Waals surface area contributed by atoms with Gasteiger partial charge in [-0.2, -0.15) is 4.31 Å². The molecule has 0 bridgehead atoms. The third-order valence-electron chi connectivity index (χ3n) is 2.78. The monoisotopic (exact) mass is 392 g/mol. The van der Waals surface area contributed by atoms with Crippen molar-refractivity contribution >= 4 is 37.8 Å². The fraction of sp³-hybridized carbons (Fsp3) is 0.385. The van der Waals surface area contributed by atoms with Gasteiger partial charge in [-0.3, -0.25) is 9.59 Å². The summed E-state index contributed by atoms with van der Waals surface area (Å²) in [4.78, 5) is 22.4. The van der Waals surface area contributed by atoms with Gasteiger partial charge in [-0.1, -0.05) is 15.9 Å². The largest absolute Gasteiger partial charge is 0.481 e. The number of hydrogen-bond donors (Lipinski definition) is 2. The van der Waals surface area contributed by atoms with Gasteiger partial charge in [0.25, 0.3) is 0 Å². The molecule has 1 atom stereocenters. The van der Waals surface area contributed by atoms with Crippen LogP contribution < -0.4 is 5.32 Å². The minimum absolute atomic E-state index is 0.0737.